The Balaban J connectivity index is 1.47. The van der Waals surface area contributed by atoms with E-state index in [1.807, 2.05) is 35.2 Å². The number of hydrogen-bond donors (Lipinski definition) is 1. The molecule has 1 atom stereocenters. The number of nitrogens with zero attached hydrogens (tertiary/aromatic N) is 3. The lowest BCUT2D eigenvalue weighted by Gasteiger charge is -2.50. The molecule has 4 rings (SSSR count). The van der Waals surface area contributed by atoms with Gasteiger partial charge in [-0.05, 0) is 23.6 Å². The molecule has 2 aliphatic heterocycles. The van der Waals surface area contributed by atoms with Gasteiger partial charge in [-0.25, -0.2) is 0 Å². The van der Waals surface area contributed by atoms with Gasteiger partial charge < -0.3 is 10.2 Å². The van der Waals surface area contributed by atoms with Crippen LogP contribution >= 0.6 is 0 Å². The second-order valence-corrected chi connectivity index (χ2v) is 9.09. The molecule has 0 radical (unpaired) electrons. The van der Waals surface area contributed by atoms with Crippen LogP contribution in [0.4, 0.5) is 0 Å². The minimum Gasteiger partial charge on any atom is -0.356 e. The molecule has 2 saturated heterocycles. The van der Waals surface area contributed by atoms with Crippen LogP contribution in [0, 0.1) is 17.3 Å². The first kappa shape index (κ1) is 20.5. The number of amides is 2. The second kappa shape index (κ2) is 8.56. The topological polar surface area (TPSA) is 65.5 Å². The van der Waals surface area contributed by atoms with Crippen molar-refractivity contribution >= 4 is 11.8 Å². The van der Waals surface area contributed by atoms with Gasteiger partial charge in [-0.2, -0.15) is 0 Å². The van der Waals surface area contributed by atoms with Gasteiger partial charge in [0.05, 0.1) is 5.92 Å². The average molecular weight is 407 g/mol. The van der Waals surface area contributed by atoms with E-state index in [1.165, 1.54) is 5.56 Å². The molecule has 6 heteroatoms. The maximum atomic E-state index is 13.0. The SMILES string of the molecule is CC(C)CNC(=O)C1CN(Cc2ccccc2)CC12CN(C(=O)c1ccccn1)C2. The fraction of sp³-hybridized carbons (Fsp3) is 0.458. The number of carbonyl (C=O) groups excluding carboxylic acids is 2. The van der Waals surface area contributed by atoms with E-state index in [1.54, 1.807) is 12.3 Å². The fourth-order valence-corrected chi connectivity index (χ4v) is 4.65. The zero-order valence-electron chi connectivity index (χ0n) is 17.8. The van der Waals surface area contributed by atoms with Crippen LogP contribution in [0.25, 0.3) is 0 Å². The number of likely N-dealkylation sites (tertiary alicyclic amines) is 2. The summed E-state index contributed by atoms with van der Waals surface area (Å²) in [6.45, 7) is 8.47. The molecule has 30 heavy (non-hydrogen) atoms. The monoisotopic (exact) mass is 406 g/mol. The van der Waals surface area contributed by atoms with Crippen molar-refractivity contribution in [2.45, 2.75) is 20.4 Å². The van der Waals surface area contributed by atoms with Crippen LogP contribution in [-0.4, -0.2) is 59.3 Å². The third-order valence-corrected chi connectivity index (χ3v) is 6.15. The molecule has 3 heterocycles. The largest absolute Gasteiger partial charge is 0.356 e. The molecule has 6 nitrogen and oxygen atoms in total. The van der Waals surface area contributed by atoms with Crippen molar-refractivity contribution in [3.63, 3.8) is 0 Å². The third kappa shape index (κ3) is 4.24. The first-order chi connectivity index (χ1) is 14.5. The highest BCUT2D eigenvalue weighted by molar-refractivity contribution is 5.93. The molecule has 2 amide bonds. The maximum absolute atomic E-state index is 13.0. The lowest BCUT2D eigenvalue weighted by atomic mass is 9.71. The zero-order valence-corrected chi connectivity index (χ0v) is 17.8. The van der Waals surface area contributed by atoms with Crippen molar-refractivity contribution in [1.29, 1.82) is 0 Å². The van der Waals surface area contributed by atoms with Crippen molar-refractivity contribution in [1.82, 2.24) is 20.1 Å². The number of hydrogen-bond acceptors (Lipinski definition) is 4. The van der Waals surface area contributed by atoms with Gasteiger partial charge in [0.2, 0.25) is 5.91 Å². The lowest BCUT2D eigenvalue weighted by Crippen LogP contribution is -2.64. The van der Waals surface area contributed by atoms with Gasteiger partial charge in [0.25, 0.3) is 5.91 Å². The Kier molecular flexibility index (Phi) is 5.86. The number of carbonyl (C=O) groups is 2. The standard InChI is InChI=1S/C24H30N4O2/c1-18(2)12-26-22(29)20-14-27(13-19-8-4-3-5-9-19)15-24(20)16-28(17-24)23(30)21-10-6-7-11-25-21/h3-11,18,20H,12-17H2,1-2H3,(H,26,29). The molecular weight excluding hydrogens is 376 g/mol. The predicted octanol–water partition coefficient (Wildman–Crippen LogP) is 2.43. The van der Waals surface area contributed by atoms with Crippen LogP contribution in [-0.2, 0) is 11.3 Å². The van der Waals surface area contributed by atoms with Gasteiger partial charge in [0.15, 0.2) is 0 Å². The molecule has 1 aromatic carbocycles. The lowest BCUT2D eigenvalue weighted by molar-refractivity contribution is -0.131. The van der Waals surface area contributed by atoms with Gasteiger partial charge >= 0.3 is 0 Å². The van der Waals surface area contributed by atoms with E-state index in [9.17, 15) is 9.59 Å². The fourth-order valence-electron chi connectivity index (χ4n) is 4.65. The first-order valence-electron chi connectivity index (χ1n) is 10.7. The van der Waals surface area contributed by atoms with Crippen LogP contribution in [0.15, 0.2) is 54.7 Å². The Bertz CT molecular complexity index is 879. The number of benzene rings is 1. The van der Waals surface area contributed by atoms with Crippen LogP contribution in [0.5, 0.6) is 0 Å². The molecule has 1 unspecified atom stereocenters. The van der Waals surface area contributed by atoms with Crippen molar-refractivity contribution < 1.29 is 9.59 Å². The Hall–Kier alpha value is -2.73. The van der Waals surface area contributed by atoms with Crippen molar-refractivity contribution in [2.75, 3.05) is 32.7 Å². The summed E-state index contributed by atoms with van der Waals surface area (Å²) in [4.78, 5) is 34.2. The molecule has 1 N–H and O–H groups in total. The summed E-state index contributed by atoms with van der Waals surface area (Å²) >= 11 is 0. The third-order valence-electron chi connectivity index (χ3n) is 6.15. The summed E-state index contributed by atoms with van der Waals surface area (Å²) in [5.41, 5.74) is 1.53. The number of aromatic nitrogens is 1. The van der Waals surface area contributed by atoms with Crippen molar-refractivity contribution in [3.05, 3.63) is 66.0 Å². The second-order valence-electron chi connectivity index (χ2n) is 9.09. The van der Waals surface area contributed by atoms with Crippen molar-refractivity contribution in [2.24, 2.45) is 17.3 Å². The summed E-state index contributed by atoms with van der Waals surface area (Å²) in [7, 11) is 0. The van der Waals surface area contributed by atoms with Gasteiger partial charge in [0.1, 0.15) is 5.69 Å². The van der Waals surface area contributed by atoms with E-state index in [2.05, 4.69) is 41.2 Å². The minimum absolute atomic E-state index is 0.0518. The number of rotatable bonds is 6. The van der Waals surface area contributed by atoms with Gasteiger partial charge in [-0.15, -0.1) is 0 Å². The maximum Gasteiger partial charge on any atom is 0.272 e. The van der Waals surface area contributed by atoms with Crippen LogP contribution in [0.1, 0.15) is 29.9 Å². The van der Waals surface area contributed by atoms with E-state index in [0.29, 0.717) is 31.2 Å². The molecule has 1 spiro atoms. The summed E-state index contributed by atoms with van der Waals surface area (Å²) in [6.07, 6.45) is 1.64. The minimum atomic E-state index is -0.180. The van der Waals surface area contributed by atoms with E-state index in [0.717, 1.165) is 19.6 Å². The molecule has 2 aliphatic rings. The van der Waals surface area contributed by atoms with E-state index in [-0.39, 0.29) is 23.1 Å². The van der Waals surface area contributed by atoms with Crippen LogP contribution < -0.4 is 5.32 Å². The van der Waals surface area contributed by atoms with E-state index in [4.69, 9.17) is 0 Å². The summed E-state index contributed by atoms with van der Waals surface area (Å²) in [5, 5.41) is 3.13. The summed E-state index contributed by atoms with van der Waals surface area (Å²) in [6, 6.07) is 15.7. The predicted molar refractivity (Wildman–Crippen MR) is 116 cm³/mol. The quantitative estimate of drug-likeness (QED) is 0.800. The molecular formula is C24H30N4O2. The smallest absolute Gasteiger partial charge is 0.272 e. The van der Waals surface area contributed by atoms with E-state index >= 15 is 0 Å². The highest BCUT2D eigenvalue weighted by Gasteiger charge is 2.57. The molecule has 0 bridgehead atoms. The number of pyridine rings is 1. The average Bonchev–Trinajstić information content (AvgIpc) is 3.11. The highest BCUT2D eigenvalue weighted by atomic mass is 16.2. The summed E-state index contributed by atoms with van der Waals surface area (Å²) in [5.74, 6) is 0.372. The normalized spacial score (nSPS) is 20.4. The highest BCUT2D eigenvalue weighted by Crippen LogP contribution is 2.45. The molecule has 158 valence electrons. The zero-order chi connectivity index (χ0) is 21.1. The van der Waals surface area contributed by atoms with Crippen LogP contribution in [0.3, 0.4) is 0 Å². The first-order valence-corrected chi connectivity index (χ1v) is 10.7. The number of nitrogens with one attached hydrogen (secondary N) is 1. The summed E-state index contributed by atoms with van der Waals surface area (Å²) < 4.78 is 0. The Labute approximate surface area is 178 Å². The van der Waals surface area contributed by atoms with Gasteiger partial charge in [0, 0.05) is 50.9 Å². The Morgan fingerprint density at radius 2 is 1.83 bits per heavy atom. The molecule has 0 aliphatic carbocycles. The van der Waals surface area contributed by atoms with Crippen LogP contribution in [0.2, 0.25) is 0 Å². The molecule has 2 aromatic rings. The molecule has 1 aromatic heterocycles. The molecule has 0 saturated carbocycles. The van der Waals surface area contributed by atoms with E-state index < -0.39 is 0 Å². The van der Waals surface area contributed by atoms with Gasteiger partial charge in [-0.3, -0.25) is 19.5 Å². The Morgan fingerprint density at radius 1 is 1.10 bits per heavy atom. The van der Waals surface area contributed by atoms with Crippen molar-refractivity contribution in [3.8, 4) is 0 Å². The Morgan fingerprint density at radius 3 is 2.50 bits per heavy atom. The van der Waals surface area contributed by atoms with Gasteiger partial charge in [-0.1, -0.05) is 50.2 Å². The molecule has 2 fully saturated rings.